The predicted octanol–water partition coefficient (Wildman–Crippen LogP) is 5.43. The van der Waals surface area contributed by atoms with E-state index in [2.05, 4.69) is 71.9 Å². The number of rotatable bonds is 3. The van der Waals surface area contributed by atoms with Crippen molar-refractivity contribution in [3.8, 4) is 0 Å². The number of benzene rings is 2. The fraction of sp³-hybridized carbons (Fsp3) is 0.350. The van der Waals surface area contributed by atoms with Crippen molar-refractivity contribution in [2.24, 2.45) is 5.73 Å². The third kappa shape index (κ3) is 3.40. The second-order valence-electron chi connectivity index (χ2n) is 6.59. The van der Waals surface area contributed by atoms with Crippen LogP contribution in [0.3, 0.4) is 0 Å². The van der Waals surface area contributed by atoms with E-state index in [9.17, 15) is 0 Å². The van der Waals surface area contributed by atoms with Crippen LogP contribution in [0.2, 0.25) is 0 Å². The summed E-state index contributed by atoms with van der Waals surface area (Å²) in [6, 6.07) is 10.7. The first kappa shape index (κ1) is 17.5. The lowest BCUT2D eigenvalue weighted by Crippen LogP contribution is -2.33. The Bertz CT molecular complexity index is 724. The van der Waals surface area contributed by atoms with Crippen LogP contribution in [-0.4, -0.2) is 5.11 Å². The van der Waals surface area contributed by atoms with Crippen molar-refractivity contribution >= 4 is 28.7 Å². The van der Waals surface area contributed by atoms with Crippen molar-refractivity contribution in [2.45, 2.75) is 47.5 Å². The van der Waals surface area contributed by atoms with Crippen LogP contribution in [0.4, 0.5) is 11.4 Å². The number of nitrogens with zero attached hydrogens (tertiary/aromatic N) is 1. The molecule has 0 saturated heterocycles. The van der Waals surface area contributed by atoms with Gasteiger partial charge in [-0.15, -0.1) is 0 Å². The Labute approximate surface area is 145 Å². The monoisotopic (exact) mass is 326 g/mol. The van der Waals surface area contributed by atoms with Crippen LogP contribution in [0.25, 0.3) is 0 Å². The Kier molecular flexibility index (Phi) is 5.10. The average molecular weight is 327 g/mol. The Morgan fingerprint density at radius 1 is 0.957 bits per heavy atom. The van der Waals surface area contributed by atoms with E-state index in [0.29, 0.717) is 11.0 Å². The minimum Gasteiger partial charge on any atom is -0.376 e. The van der Waals surface area contributed by atoms with Gasteiger partial charge in [0.15, 0.2) is 5.11 Å². The SMILES string of the molecule is Cc1cc(C)c(N(C(N)=S)c2c(C)cccc2C(C)C)c(C)c1. The number of thiocarbonyl (C=S) groups is 1. The third-order valence-corrected chi connectivity index (χ3v) is 4.38. The zero-order valence-electron chi connectivity index (χ0n) is 14.9. The van der Waals surface area contributed by atoms with Crippen molar-refractivity contribution in [1.82, 2.24) is 0 Å². The van der Waals surface area contributed by atoms with Crippen LogP contribution >= 0.6 is 12.2 Å². The molecule has 0 aliphatic heterocycles. The first-order chi connectivity index (χ1) is 10.7. The molecule has 3 heteroatoms. The molecule has 23 heavy (non-hydrogen) atoms. The topological polar surface area (TPSA) is 29.3 Å². The van der Waals surface area contributed by atoms with E-state index >= 15 is 0 Å². The number of hydrogen-bond acceptors (Lipinski definition) is 1. The second-order valence-corrected chi connectivity index (χ2v) is 7.01. The maximum Gasteiger partial charge on any atom is 0.175 e. The van der Waals surface area contributed by atoms with Gasteiger partial charge in [0.2, 0.25) is 0 Å². The number of hydrogen-bond donors (Lipinski definition) is 1. The lowest BCUT2D eigenvalue weighted by Gasteiger charge is -2.31. The Balaban J connectivity index is 2.79. The highest BCUT2D eigenvalue weighted by Crippen LogP contribution is 2.38. The van der Waals surface area contributed by atoms with E-state index in [-0.39, 0.29) is 0 Å². The van der Waals surface area contributed by atoms with Gasteiger partial charge >= 0.3 is 0 Å². The second kappa shape index (κ2) is 6.71. The van der Waals surface area contributed by atoms with Gasteiger partial charge in [0.1, 0.15) is 0 Å². The van der Waals surface area contributed by atoms with Crippen molar-refractivity contribution in [3.63, 3.8) is 0 Å². The zero-order chi connectivity index (χ0) is 17.3. The molecule has 0 atom stereocenters. The van der Waals surface area contributed by atoms with Crippen LogP contribution in [0.15, 0.2) is 30.3 Å². The average Bonchev–Trinajstić information content (AvgIpc) is 2.42. The standard InChI is InChI=1S/C20H26N2S/c1-12(2)17-9-7-8-14(4)19(17)22(20(21)23)18-15(5)10-13(3)11-16(18)6/h7-12H,1-6H3,(H2,21,23). The summed E-state index contributed by atoms with van der Waals surface area (Å²) in [6.07, 6.45) is 0. The summed E-state index contributed by atoms with van der Waals surface area (Å²) in [5.74, 6) is 0.396. The normalized spacial score (nSPS) is 10.9. The quantitative estimate of drug-likeness (QED) is 0.763. The highest BCUT2D eigenvalue weighted by atomic mass is 32.1. The molecule has 0 bridgehead atoms. The van der Waals surface area contributed by atoms with E-state index < -0.39 is 0 Å². The Morgan fingerprint density at radius 3 is 2.00 bits per heavy atom. The molecule has 2 rings (SSSR count). The minimum absolute atomic E-state index is 0.385. The molecule has 2 N–H and O–H groups in total. The number of anilines is 2. The van der Waals surface area contributed by atoms with E-state index in [4.69, 9.17) is 18.0 Å². The van der Waals surface area contributed by atoms with Gasteiger partial charge in [-0.05, 0) is 68.1 Å². The summed E-state index contributed by atoms with van der Waals surface area (Å²) in [5.41, 5.74) is 14.5. The predicted molar refractivity (Wildman–Crippen MR) is 105 cm³/mol. The van der Waals surface area contributed by atoms with Crippen LogP contribution in [0, 0.1) is 27.7 Å². The summed E-state index contributed by atoms with van der Waals surface area (Å²) in [5, 5.41) is 0.385. The number of aryl methyl sites for hydroxylation is 4. The molecular formula is C20H26N2S. The molecule has 122 valence electrons. The largest absolute Gasteiger partial charge is 0.376 e. The van der Waals surface area contributed by atoms with Gasteiger partial charge in [-0.1, -0.05) is 49.7 Å². The smallest absolute Gasteiger partial charge is 0.175 e. The lowest BCUT2D eigenvalue weighted by molar-refractivity contribution is 0.863. The van der Waals surface area contributed by atoms with Crippen LogP contribution < -0.4 is 10.6 Å². The lowest BCUT2D eigenvalue weighted by atomic mass is 9.95. The van der Waals surface area contributed by atoms with Gasteiger partial charge in [0.05, 0.1) is 11.4 Å². The highest BCUT2D eigenvalue weighted by molar-refractivity contribution is 7.80. The first-order valence-electron chi connectivity index (χ1n) is 8.01. The van der Waals surface area contributed by atoms with Gasteiger partial charge in [-0.25, -0.2) is 0 Å². The molecule has 0 heterocycles. The number of nitrogens with two attached hydrogens (primary N) is 1. The summed E-state index contributed by atoms with van der Waals surface area (Å²) < 4.78 is 0. The Hall–Kier alpha value is -1.87. The fourth-order valence-corrected chi connectivity index (χ4v) is 3.49. The molecule has 2 aromatic rings. The van der Waals surface area contributed by atoms with Gasteiger partial charge in [-0.3, -0.25) is 4.90 Å². The molecule has 0 aliphatic rings. The molecule has 0 aromatic heterocycles. The number of para-hydroxylation sites is 1. The van der Waals surface area contributed by atoms with Gasteiger partial charge < -0.3 is 5.73 Å². The van der Waals surface area contributed by atoms with E-state index in [1.165, 1.54) is 27.8 Å². The maximum atomic E-state index is 6.17. The van der Waals surface area contributed by atoms with Crippen molar-refractivity contribution < 1.29 is 0 Å². The minimum atomic E-state index is 0.385. The zero-order valence-corrected chi connectivity index (χ0v) is 15.7. The molecule has 2 nitrogen and oxygen atoms in total. The van der Waals surface area contributed by atoms with Crippen molar-refractivity contribution in [2.75, 3.05) is 4.90 Å². The van der Waals surface area contributed by atoms with E-state index in [1.807, 2.05) is 4.90 Å². The molecule has 0 fully saturated rings. The summed E-state index contributed by atoms with van der Waals surface area (Å²) in [7, 11) is 0. The molecule has 0 radical (unpaired) electrons. The molecule has 2 aromatic carbocycles. The molecule has 0 saturated carbocycles. The maximum absolute atomic E-state index is 6.17. The van der Waals surface area contributed by atoms with E-state index in [0.717, 1.165) is 11.4 Å². The third-order valence-electron chi connectivity index (χ3n) is 4.19. The van der Waals surface area contributed by atoms with Crippen molar-refractivity contribution in [3.05, 3.63) is 58.1 Å². The van der Waals surface area contributed by atoms with Gasteiger partial charge in [0.25, 0.3) is 0 Å². The van der Waals surface area contributed by atoms with Crippen LogP contribution in [-0.2, 0) is 0 Å². The summed E-state index contributed by atoms with van der Waals surface area (Å²) in [6.45, 7) is 12.9. The van der Waals surface area contributed by atoms with Crippen LogP contribution in [0.1, 0.15) is 47.6 Å². The molecule has 0 unspecified atom stereocenters. The Morgan fingerprint density at radius 2 is 1.52 bits per heavy atom. The molecule has 0 spiro atoms. The van der Waals surface area contributed by atoms with Gasteiger partial charge in [-0.2, -0.15) is 0 Å². The van der Waals surface area contributed by atoms with E-state index in [1.54, 1.807) is 0 Å². The molecule has 0 amide bonds. The molecule has 0 aliphatic carbocycles. The van der Waals surface area contributed by atoms with Gasteiger partial charge in [0, 0.05) is 0 Å². The highest BCUT2D eigenvalue weighted by Gasteiger charge is 2.22. The first-order valence-corrected chi connectivity index (χ1v) is 8.41. The van der Waals surface area contributed by atoms with Crippen LogP contribution in [0.5, 0.6) is 0 Å². The fourth-order valence-electron chi connectivity index (χ4n) is 3.31. The summed E-state index contributed by atoms with van der Waals surface area (Å²) >= 11 is 5.44. The summed E-state index contributed by atoms with van der Waals surface area (Å²) in [4.78, 5) is 2.05. The molecular weight excluding hydrogens is 300 g/mol. The van der Waals surface area contributed by atoms with Crippen molar-refractivity contribution in [1.29, 1.82) is 0 Å².